The van der Waals surface area contributed by atoms with Crippen molar-refractivity contribution in [2.45, 2.75) is 285 Å². The van der Waals surface area contributed by atoms with Gasteiger partial charge in [-0.25, -0.2) is 9.97 Å². The van der Waals surface area contributed by atoms with Gasteiger partial charge in [-0.1, -0.05) is 294 Å². The molecule has 2 aromatic carbocycles. The van der Waals surface area contributed by atoms with Crippen molar-refractivity contribution < 1.29 is 18.9 Å². The molecule has 0 spiro atoms. The normalized spacial score (nSPS) is 10.7. The molecule has 5 aromatic rings. The van der Waals surface area contributed by atoms with E-state index in [4.69, 9.17) is 28.9 Å². The molecule has 0 saturated heterocycles. The highest BCUT2D eigenvalue weighted by molar-refractivity contribution is 5.62. The van der Waals surface area contributed by atoms with Crippen LogP contribution in [0, 0.1) is 47.4 Å². The highest BCUT2D eigenvalue weighted by Gasteiger charge is 2.14. The number of nitrogens with zero attached hydrogens (tertiary/aromatic N) is 4. The predicted octanol–water partition coefficient (Wildman–Crippen LogP) is 22.1. The summed E-state index contributed by atoms with van der Waals surface area (Å²) in [7, 11) is 0. The predicted molar refractivity (Wildman–Crippen MR) is 377 cm³/mol. The van der Waals surface area contributed by atoms with Gasteiger partial charge in [0.1, 0.15) is 11.4 Å². The van der Waals surface area contributed by atoms with Crippen LogP contribution in [-0.2, 0) is 0 Å². The second kappa shape index (κ2) is 50.9. The van der Waals surface area contributed by atoms with E-state index >= 15 is 0 Å². The van der Waals surface area contributed by atoms with Crippen LogP contribution in [-0.4, -0.2) is 46.4 Å². The molecule has 0 saturated carbocycles. The third-order valence-electron chi connectivity index (χ3n) is 16.5. The smallest absolute Gasteiger partial charge is 0.162 e. The minimum Gasteiger partial charge on any atom is -0.490 e. The number of rotatable bonds is 48. The van der Waals surface area contributed by atoms with Gasteiger partial charge in [-0.05, 0) is 61.8 Å². The lowest BCUT2D eigenvalue weighted by atomic mass is 10.1. The van der Waals surface area contributed by atoms with Gasteiger partial charge in [0.15, 0.2) is 23.0 Å². The van der Waals surface area contributed by atoms with Gasteiger partial charge in [-0.15, -0.1) is 0 Å². The zero-order valence-corrected chi connectivity index (χ0v) is 56.6. The highest BCUT2D eigenvalue weighted by atomic mass is 16.5. The van der Waals surface area contributed by atoms with Crippen LogP contribution in [0.25, 0.3) is 0 Å². The van der Waals surface area contributed by atoms with Crippen molar-refractivity contribution >= 4 is 0 Å². The second-order valence-corrected chi connectivity index (χ2v) is 24.6. The van der Waals surface area contributed by atoms with Gasteiger partial charge in [0.25, 0.3) is 0 Å². The Morgan fingerprint density at radius 1 is 0.267 bits per heavy atom. The van der Waals surface area contributed by atoms with E-state index in [0.717, 1.165) is 84.7 Å². The molecule has 0 atom stereocenters. The summed E-state index contributed by atoms with van der Waals surface area (Å²) in [6.07, 6.45) is 61.1. The number of hydrogen-bond donors (Lipinski definition) is 0. The largest absolute Gasteiger partial charge is 0.490 e. The molecule has 0 aliphatic rings. The van der Waals surface area contributed by atoms with Crippen molar-refractivity contribution in [1.82, 2.24) is 19.9 Å². The van der Waals surface area contributed by atoms with E-state index < -0.39 is 0 Å². The molecular formula is C82H114N4O4. The van der Waals surface area contributed by atoms with Crippen LogP contribution in [0.3, 0.4) is 0 Å². The molecule has 0 fully saturated rings. The van der Waals surface area contributed by atoms with E-state index in [2.05, 4.69) is 85.0 Å². The van der Waals surface area contributed by atoms with Gasteiger partial charge < -0.3 is 18.9 Å². The van der Waals surface area contributed by atoms with Gasteiger partial charge in [0, 0.05) is 82.4 Å². The molecule has 8 heteroatoms. The van der Waals surface area contributed by atoms with Crippen LogP contribution in [0.15, 0.2) is 85.7 Å². The van der Waals surface area contributed by atoms with E-state index in [1.807, 2.05) is 48.5 Å². The molecule has 0 aliphatic heterocycles. The number of ether oxygens (including phenoxy) is 4. The lowest BCUT2D eigenvalue weighted by Crippen LogP contribution is -2.04. The summed E-state index contributed by atoms with van der Waals surface area (Å²) >= 11 is 0. The Hall–Kier alpha value is -6.74. The molecular weight excluding hydrogens is 1100 g/mol. The number of unbranched alkanes of at least 4 members (excludes halogenated alkanes) is 36. The monoisotopic (exact) mass is 1220 g/mol. The third-order valence-corrected chi connectivity index (χ3v) is 16.5. The Morgan fingerprint density at radius 2 is 0.500 bits per heavy atom. The maximum Gasteiger partial charge on any atom is 0.162 e. The number of benzene rings is 2. The SMILES string of the molecule is CCCCCCCCCCCCOc1cc(C#Cc2cccnc2)c(C#Cc2cnc(C#Cc3cc(OCCCCCCCCCCCC)c(OCCCCCCCCCCCC)cc3C#Cc3cccnc3)cn2)cc1OCCCCCCCCCCCC. The summed E-state index contributed by atoms with van der Waals surface area (Å²) in [6.45, 7) is 11.6. The zero-order valence-electron chi connectivity index (χ0n) is 56.6. The van der Waals surface area contributed by atoms with E-state index in [9.17, 15) is 0 Å². The molecule has 8 nitrogen and oxygen atoms in total. The maximum absolute atomic E-state index is 6.59. The molecule has 0 unspecified atom stereocenters. The summed E-state index contributed by atoms with van der Waals surface area (Å²) in [6, 6.07) is 15.7. The first-order valence-corrected chi connectivity index (χ1v) is 36.2. The maximum atomic E-state index is 6.59. The summed E-state index contributed by atoms with van der Waals surface area (Å²) in [4.78, 5) is 18.1. The van der Waals surface area contributed by atoms with Crippen molar-refractivity contribution in [1.29, 1.82) is 0 Å². The Bertz CT molecular complexity index is 2700. The van der Waals surface area contributed by atoms with Gasteiger partial charge in [0.05, 0.1) is 38.8 Å². The van der Waals surface area contributed by atoms with Gasteiger partial charge in [0.2, 0.25) is 0 Å². The summed E-state index contributed by atoms with van der Waals surface area (Å²) < 4.78 is 26.3. The van der Waals surface area contributed by atoms with E-state index in [1.165, 1.54) is 205 Å². The van der Waals surface area contributed by atoms with Gasteiger partial charge >= 0.3 is 0 Å². The first-order valence-electron chi connectivity index (χ1n) is 36.2. The minimum absolute atomic E-state index is 0.510. The lowest BCUT2D eigenvalue weighted by Gasteiger charge is -2.15. The molecule has 5 rings (SSSR count). The zero-order chi connectivity index (χ0) is 63.3. The topological polar surface area (TPSA) is 88.5 Å². The average molecular weight is 1220 g/mol. The molecule has 486 valence electrons. The van der Waals surface area contributed by atoms with Crippen LogP contribution < -0.4 is 18.9 Å². The average Bonchev–Trinajstić information content (AvgIpc) is 3.60. The highest BCUT2D eigenvalue weighted by Crippen LogP contribution is 2.34. The number of aromatic nitrogens is 4. The minimum atomic E-state index is 0.510. The molecule has 3 heterocycles. The van der Waals surface area contributed by atoms with E-state index in [-0.39, 0.29) is 0 Å². The third kappa shape index (κ3) is 34.5. The Morgan fingerprint density at radius 3 is 0.722 bits per heavy atom. The van der Waals surface area contributed by atoms with Crippen LogP contribution in [0.4, 0.5) is 0 Å². The summed E-state index contributed by atoms with van der Waals surface area (Å²) in [5.41, 5.74) is 5.60. The van der Waals surface area contributed by atoms with Crippen LogP contribution in [0.5, 0.6) is 23.0 Å². The molecule has 90 heavy (non-hydrogen) atoms. The Labute approximate surface area is 547 Å². The van der Waals surface area contributed by atoms with E-state index in [0.29, 0.717) is 60.8 Å². The van der Waals surface area contributed by atoms with Crippen molar-refractivity contribution in [2.24, 2.45) is 0 Å². The molecule has 0 radical (unpaired) electrons. The Balaban J connectivity index is 1.36. The Kier molecular flexibility index (Phi) is 41.9. The molecule has 0 bridgehead atoms. The van der Waals surface area contributed by atoms with Crippen LogP contribution >= 0.6 is 0 Å². The van der Waals surface area contributed by atoms with Crippen molar-refractivity contribution in [3.63, 3.8) is 0 Å². The molecule has 0 N–H and O–H groups in total. The first-order chi connectivity index (χ1) is 44.6. The van der Waals surface area contributed by atoms with Crippen molar-refractivity contribution in [2.75, 3.05) is 26.4 Å². The second-order valence-electron chi connectivity index (χ2n) is 24.6. The quantitative estimate of drug-likeness (QED) is 0.0281. The van der Waals surface area contributed by atoms with Crippen LogP contribution in [0.1, 0.15) is 329 Å². The van der Waals surface area contributed by atoms with Crippen molar-refractivity contribution in [3.8, 4) is 70.4 Å². The van der Waals surface area contributed by atoms with Gasteiger partial charge in [-0.2, -0.15) is 0 Å². The van der Waals surface area contributed by atoms with Gasteiger partial charge in [-0.3, -0.25) is 9.97 Å². The molecule has 3 aromatic heterocycles. The summed E-state index contributed by atoms with van der Waals surface area (Å²) in [5, 5.41) is 0. The fourth-order valence-corrected chi connectivity index (χ4v) is 10.9. The molecule has 0 amide bonds. The standard InChI is InChI=1S/C82H114N4O4/c1-5-9-13-17-21-25-29-33-37-41-59-87-79-63-73(51-49-71-47-45-57-83-67-71)75(65-81(79)89-61-43-39-35-31-27-23-19-15-11-7-3)53-55-77-69-86-78(70-85-77)56-54-76-66-82(90-62-44-40-36-32-28-24-20-16-12-8-4)80(64-74(76)52-50-72-48-46-58-84-68-72)88-60-42-38-34-30-26-22-18-14-10-6-2/h45-48,57-58,63-70H,5-44,59-62H2,1-4H3. The number of hydrogen-bond acceptors (Lipinski definition) is 8. The lowest BCUT2D eigenvalue weighted by molar-refractivity contribution is 0.258. The fraction of sp³-hybridized carbons (Fsp3) is 0.585. The fourth-order valence-electron chi connectivity index (χ4n) is 10.9. The van der Waals surface area contributed by atoms with E-state index in [1.54, 1.807) is 37.2 Å². The summed E-state index contributed by atoms with van der Waals surface area (Å²) in [5.74, 6) is 29.6. The molecule has 0 aliphatic carbocycles. The number of pyridine rings is 2. The van der Waals surface area contributed by atoms with Crippen LogP contribution in [0.2, 0.25) is 0 Å². The van der Waals surface area contributed by atoms with Crippen molar-refractivity contribution in [3.05, 3.63) is 130 Å². The first kappa shape index (κ1) is 74.0.